The van der Waals surface area contributed by atoms with E-state index in [9.17, 15) is 9.90 Å². The fraction of sp³-hybridized carbons (Fsp3) is 0.500. The molecule has 0 radical (unpaired) electrons. The highest BCUT2D eigenvalue weighted by atomic mass is 35.5. The van der Waals surface area contributed by atoms with E-state index in [1.165, 1.54) is 35.2 Å². The van der Waals surface area contributed by atoms with Crippen LogP contribution in [-0.2, 0) is 36.6 Å². The average Bonchev–Trinajstić information content (AvgIpc) is 3.67. The Labute approximate surface area is 312 Å². The highest BCUT2D eigenvalue weighted by Gasteiger charge is 2.54. The molecule has 10 heteroatoms. The number of ether oxygens (including phenoxy) is 2. The largest absolute Gasteiger partial charge is 0.493 e. The normalized spacial score (nSPS) is 24.2. The SMILES string of the molecule is C[C@@H](COc1ccnc2c1[C@H](C)CCC2)C[C@H]1Cc2ccc(OCCNCc3ccnn3C)cc2C12CCC(Nc1cccc(Cl)c1)(C(=O)O)CC2. The van der Waals surface area contributed by atoms with Crippen molar-refractivity contribution < 1.29 is 19.4 Å². The van der Waals surface area contributed by atoms with Crippen molar-refractivity contribution in [3.63, 3.8) is 0 Å². The summed E-state index contributed by atoms with van der Waals surface area (Å²) >= 11 is 6.29. The molecule has 3 aliphatic rings. The lowest BCUT2D eigenvalue weighted by molar-refractivity contribution is -0.144. The van der Waals surface area contributed by atoms with E-state index < -0.39 is 11.5 Å². The summed E-state index contributed by atoms with van der Waals surface area (Å²) in [6.07, 6.45) is 11.6. The molecule has 0 bridgehead atoms. The number of carboxylic acids is 1. The predicted molar refractivity (Wildman–Crippen MR) is 204 cm³/mol. The Hall–Kier alpha value is -4.08. The summed E-state index contributed by atoms with van der Waals surface area (Å²) in [5, 5.41) is 22.3. The van der Waals surface area contributed by atoms with Gasteiger partial charge in [-0.3, -0.25) is 9.67 Å². The minimum atomic E-state index is -1.07. The minimum Gasteiger partial charge on any atom is -0.493 e. The van der Waals surface area contributed by atoms with E-state index in [1.807, 2.05) is 60.5 Å². The first-order chi connectivity index (χ1) is 25.2. The zero-order valence-electron chi connectivity index (χ0n) is 30.7. The number of pyridine rings is 1. The van der Waals surface area contributed by atoms with Gasteiger partial charge in [0.2, 0.25) is 0 Å². The molecule has 3 atom stereocenters. The Bertz CT molecular complexity index is 1870. The number of benzene rings is 2. The second kappa shape index (κ2) is 15.5. The van der Waals surface area contributed by atoms with Gasteiger partial charge in [-0.2, -0.15) is 5.10 Å². The number of nitrogens with zero attached hydrogens (tertiary/aromatic N) is 3. The van der Waals surface area contributed by atoms with Crippen molar-refractivity contribution in [2.24, 2.45) is 18.9 Å². The maximum atomic E-state index is 13.0. The molecule has 7 rings (SSSR count). The number of carboxylic acid groups (broad SMARTS) is 1. The first-order valence-corrected chi connectivity index (χ1v) is 19.3. The van der Waals surface area contributed by atoms with Gasteiger partial charge in [0, 0.05) is 54.5 Å². The van der Waals surface area contributed by atoms with Crippen LogP contribution in [0, 0.1) is 11.8 Å². The molecule has 276 valence electrons. The van der Waals surface area contributed by atoms with Crippen LogP contribution in [0.15, 0.2) is 67.0 Å². The van der Waals surface area contributed by atoms with Crippen LogP contribution in [0.2, 0.25) is 5.02 Å². The smallest absolute Gasteiger partial charge is 0.329 e. The average molecular weight is 726 g/mol. The highest BCUT2D eigenvalue weighted by Crippen LogP contribution is 2.56. The molecular formula is C42H52ClN5O4. The summed E-state index contributed by atoms with van der Waals surface area (Å²) in [6.45, 7) is 7.21. The first-order valence-electron chi connectivity index (χ1n) is 19.0. The van der Waals surface area contributed by atoms with Gasteiger partial charge < -0.3 is 25.2 Å². The molecular weight excluding hydrogens is 674 g/mol. The second-order valence-electron chi connectivity index (χ2n) is 15.5. The quantitative estimate of drug-likeness (QED) is 0.112. The van der Waals surface area contributed by atoms with Gasteiger partial charge in [-0.05, 0) is 135 Å². The fourth-order valence-electron chi connectivity index (χ4n) is 9.20. The van der Waals surface area contributed by atoms with Gasteiger partial charge in [-0.15, -0.1) is 0 Å². The molecule has 0 aliphatic heterocycles. The molecule has 0 unspecified atom stereocenters. The number of halogens is 1. The predicted octanol–water partition coefficient (Wildman–Crippen LogP) is 8.10. The lowest BCUT2D eigenvalue weighted by Gasteiger charge is -2.47. The summed E-state index contributed by atoms with van der Waals surface area (Å²) in [4.78, 5) is 17.7. The van der Waals surface area contributed by atoms with E-state index in [0.29, 0.717) is 55.4 Å². The van der Waals surface area contributed by atoms with Gasteiger partial charge in [-0.1, -0.05) is 37.6 Å². The molecule has 2 heterocycles. The summed E-state index contributed by atoms with van der Waals surface area (Å²) in [6, 6.07) is 18.0. The number of fused-ring (bicyclic) bond motifs is 3. The van der Waals surface area contributed by atoms with Gasteiger partial charge in [0.25, 0.3) is 0 Å². The standard InChI is InChI=1S/C42H52ClN5O4/c1-28(27-52-38-13-18-45-37-9-4-6-29(2)39(37)38)22-31-23-30-10-11-35(51-21-20-44-26-34-12-19-46-48(34)3)25-36(30)41(31)14-16-42(17-15-41,40(49)50)47-33-8-5-7-32(43)24-33/h5,7-8,10-13,18-19,24-25,28-29,31,44,47H,4,6,9,14-17,20-23,26-27H2,1-3H3,(H,49,50)/t28-,29-,31+,41?,42?/m1/s1. The number of aryl methyl sites for hydroxylation is 2. The zero-order chi connectivity index (χ0) is 36.3. The van der Waals surface area contributed by atoms with Crippen molar-refractivity contribution in [1.82, 2.24) is 20.1 Å². The molecule has 4 aromatic rings. The van der Waals surface area contributed by atoms with Crippen LogP contribution in [0.1, 0.15) is 92.8 Å². The topological polar surface area (TPSA) is 111 Å². The summed E-state index contributed by atoms with van der Waals surface area (Å²) < 4.78 is 14.8. The molecule has 1 saturated carbocycles. The molecule has 9 nitrogen and oxygen atoms in total. The van der Waals surface area contributed by atoms with Crippen LogP contribution < -0.4 is 20.1 Å². The molecule has 52 heavy (non-hydrogen) atoms. The van der Waals surface area contributed by atoms with E-state index in [4.69, 9.17) is 21.1 Å². The maximum absolute atomic E-state index is 13.0. The molecule has 3 aliphatic carbocycles. The Morgan fingerprint density at radius 3 is 2.71 bits per heavy atom. The third kappa shape index (κ3) is 7.53. The van der Waals surface area contributed by atoms with Crippen molar-refractivity contribution >= 4 is 23.3 Å². The van der Waals surface area contributed by atoms with E-state index in [1.54, 1.807) is 0 Å². The number of rotatable bonds is 14. The molecule has 2 aromatic carbocycles. The van der Waals surface area contributed by atoms with E-state index in [0.717, 1.165) is 61.5 Å². The number of hydrogen-bond donors (Lipinski definition) is 3. The van der Waals surface area contributed by atoms with Gasteiger partial charge in [0.1, 0.15) is 23.6 Å². The lowest BCUT2D eigenvalue weighted by atomic mass is 9.59. The summed E-state index contributed by atoms with van der Waals surface area (Å²) in [5.41, 5.74) is 5.79. The van der Waals surface area contributed by atoms with Crippen molar-refractivity contribution in [2.45, 2.75) is 95.1 Å². The molecule has 3 N–H and O–H groups in total. The van der Waals surface area contributed by atoms with Crippen LogP contribution in [0.4, 0.5) is 5.69 Å². The molecule has 2 aromatic heterocycles. The number of nitrogens with one attached hydrogen (secondary N) is 2. The molecule has 1 spiro atoms. The number of hydrogen-bond acceptors (Lipinski definition) is 7. The highest BCUT2D eigenvalue weighted by molar-refractivity contribution is 6.30. The monoisotopic (exact) mass is 725 g/mol. The first kappa shape index (κ1) is 36.3. The third-order valence-electron chi connectivity index (χ3n) is 12.0. The molecule has 0 amide bonds. The fourth-order valence-corrected chi connectivity index (χ4v) is 9.39. The van der Waals surface area contributed by atoms with Crippen molar-refractivity contribution in [2.75, 3.05) is 25.1 Å². The van der Waals surface area contributed by atoms with Crippen LogP contribution in [-0.4, -0.2) is 51.1 Å². The van der Waals surface area contributed by atoms with Gasteiger partial charge >= 0.3 is 5.97 Å². The van der Waals surface area contributed by atoms with Crippen molar-refractivity contribution in [3.8, 4) is 11.5 Å². The van der Waals surface area contributed by atoms with Gasteiger partial charge in [-0.25, -0.2) is 4.79 Å². The van der Waals surface area contributed by atoms with E-state index in [2.05, 4.69) is 52.8 Å². The molecule has 1 fully saturated rings. The summed E-state index contributed by atoms with van der Waals surface area (Å²) in [7, 11) is 1.95. The number of carbonyl (C=O) groups is 1. The van der Waals surface area contributed by atoms with Gasteiger partial charge in [0.15, 0.2) is 0 Å². The maximum Gasteiger partial charge on any atom is 0.329 e. The second-order valence-corrected chi connectivity index (χ2v) is 15.9. The van der Waals surface area contributed by atoms with Crippen LogP contribution in [0.5, 0.6) is 11.5 Å². The Balaban J connectivity index is 1.08. The van der Waals surface area contributed by atoms with Crippen LogP contribution in [0.3, 0.4) is 0 Å². The number of aromatic nitrogens is 3. The third-order valence-corrected chi connectivity index (χ3v) is 12.3. The van der Waals surface area contributed by atoms with Crippen molar-refractivity contribution in [1.29, 1.82) is 0 Å². The Morgan fingerprint density at radius 1 is 1.10 bits per heavy atom. The van der Waals surface area contributed by atoms with Crippen molar-refractivity contribution in [3.05, 3.63) is 100 Å². The van der Waals surface area contributed by atoms with Crippen LogP contribution >= 0.6 is 11.6 Å². The number of anilines is 1. The van der Waals surface area contributed by atoms with E-state index in [-0.39, 0.29) is 5.41 Å². The lowest BCUT2D eigenvalue weighted by Crippen LogP contribution is -2.53. The minimum absolute atomic E-state index is 0.153. The Morgan fingerprint density at radius 2 is 1.94 bits per heavy atom. The number of aliphatic carboxylic acids is 1. The van der Waals surface area contributed by atoms with E-state index >= 15 is 0 Å². The zero-order valence-corrected chi connectivity index (χ0v) is 31.4. The molecule has 0 saturated heterocycles. The Kier molecular flexibility index (Phi) is 10.8. The summed E-state index contributed by atoms with van der Waals surface area (Å²) in [5.74, 6) is 2.17. The van der Waals surface area contributed by atoms with Gasteiger partial charge in [0.05, 0.1) is 12.3 Å². The van der Waals surface area contributed by atoms with Crippen LogP contribution in [0.25, 0.3) is 0 Å².